The molecular formula is C10H15NO3. The number of nitrogens with zero attached hydrogens (tertiary/aromatic N) is 1. The standard InChI is InChI=1S/C10H15NO3/c1-10(2,3)9-8(11-6-14-9)4-5-13-7-12/h6-7H,4-5H2,1-3H3. The highest BCUT2D eigenvalue weighted by Crippen LogP contribution is 2.25. The molecule has 0 saturated heterocycles. The number of hydrogen-bond donors (Lipinski definition) is 0. The molecule has 0 spiro atoms. The summed E-state index contributed by atoms with van der Waals surface area (Å²) in [4.78, 5) is 14.0. The molecule has 1 aromatic rings. The molecule has 0 bridgehead atoms. The van der Waals surface area contributed by atoms with E-state index in [9.17, 15) is 4.79 Å². The summed E-state index contributed by atoms with van der Waals surface area (Å²) in [5.74, 6) is 0.854. The van der Waals surface area contributed by atoms with Gasteiger partial charge < -0.3 is 9.15 Å². The third-order valence-corrected chi connectivity index (χ3v) is 1.85. The lowest BCUT2D eigenvalue weighted by Crippen LogP contribution is -2.13. The predicted molar refractivity (Wildman–Crippen MR) is 50.9 cm³/mol. The van der Waals surface area contributed by atoms with Crippen LogP contribution in [0.15, 0.2) is 10.8 Å². The Bertz CT molecular complexity index is 299. The van der Waals surface area contributed by atoms with Crippen LogP contribution in [0.25, 0.3) is 0 Å². The molecule has 0 unspecified atom stereocenters. The Morgan fingerprint density at radius 1 is 1.57 bits per heavy atom. The van der Waals surface area contributed by atoms with Crippen LogP contribution >= 0.6 is 0 Å². The maximum absolute atomic E-state index is 9.95. The monoisotopic (exact) mass is 197 g/mol. The highest BCUT2D eigenvalue weighted by atomic mass is 16.5. The van der Waals surface area contributed by atoms with Crippen LogP contribution in [0.2, 0.25) is 0 Å². The minimum atomic E-state index is -0.0625. The van der Waals surface area contributed by atoms with Crippen LogP contribution in [0.4, 0.5) is 0 Å². The molecule has 1 aromatic heterocycles. The second-order valence-corrected chi connectivity index (χ2v) is 4.10. The average Bonchev–Trinajstić information content (AvgIpc) is 2.52. The summed E-state index contributed by atoms with van der Waals surface area (Å²) in [7, 11) is 0. The second kappa shape index (κ2) is 4.26. The van der Waals surface area contributed by atoms with Gasteiger partial charge in [0.1, 0.15) is 5.76 Å². The third kappa shape index (κ3) is 2.58. The van der Waals surface area contributed by atoms with Crippen molar-refractivity contribution in [3.8, 4) is 0 Å². The molecule has 4 heteroatoms. The van der Waals surface area contributed by atoms with Crippen molar-refractivity contribution in [2.24, 2.45) is 0 Å². The lowest BCUT2D eigenvalue weighted by molar-refractivity contribution is -0.128. The molecule has 1 rings (SSSR count). The quantitative estimate of drug-likeness (QED) is 0.544. The largest absolute Gasteiger partial charge is 0.467 e. The van der Waals surface area contributed by atoms with Gasteiger partial charge in [-0.2, -0.15) is 0 Å². The zero-order valence-electron chi connectivity index (χ0n) is 8.74. The number of oxazole rings is 1. The van der Waals surface area contributed by atoms with E-state index >= 15 is 0 Å². The summed E-state index contributed by atoms with van der Waals surface area (Å²) in [6.45, 7) is 6.95. The Labute approximate surface area is 83.3 Å². The number of carbonyl (C=O) groups is 1. The molecule has 0 radical (unpaired) electrons. The van der Waals surface area contributed by atoms with Gasteiger partial charge in [0.05, 0.1) is 12.3 Å². The normalized spacial score (nSPS) is 11.4. The summed E-state index contributed by atoms with van der Waals surface area (Å²) in [5.41, 5.74) is 0.798. The number of carbonyl (C=O) groups excluding carboxylic acids is 1. The van der Waals surface area contributed by atoms with E-state index in [-0.39, 0.29) is 5.41 Å². The van der Waals surface area contributed by atoms with E-state index in [1.165, 1.54) is 6.39 Å². The van der Waals surface area contributed by atoms with Crippen molar-refractivity contribution in [2.45, 2.75) is 32.6 Å². The molecule has 0 N–H and O–H groups in total. The molecular weight excluding hydrogens is 182 g/mol. The molecule has 14 heavy (non-hydrogen) atoms. The lowest BCUT2D eigenvalue weighted by atomic mass is 9.91. The Morgan fingerprint density at radius 3 is 2.86 bits per heavy atom. The van der Waals surface area contributed by atoms with Gasteiger partial charge in [-0.15, -0.1) is 0 Å². The second-order valence-electron chi connectivity index (χ2n) is 4.10. The topological polar surface area (TPSA) is 52.3 Å². The smallest absolute Gasteiger partial charge is 0.293 e. The molecule has 0 fully saturated rings. The van der Waals surface area contributed by atoms with Gasteiger partial charge in [0.25, 0.3) is 6.47 Å². The number of hydrogen-bond acceptors (Lipinski definition) is 4. The van der Waals surface area contributed by atoms with E-state index in [4.69, 9.17) is 4.42 Å². The van der Waals surface area contributed by atoms with Gasteiger partial charge in [0.15, 0.2) is 6.39 Å². The van der Waals surface area contributed by atoms with Gasteiger partial charge in [-0.1, -0.05) is 20.8 Å². The van der Waals surface area contributed by atoms with Crippen molar-refractivity contribution < 1.29 is 13.9 Å². The highest BCUT2D eigenvalue weighted by Gasteiger charge is 2.22. The molecule has 0 aromatic carbocycles. The number of ether oxygens (including phenoxy) is 1. The summed E-state index contributed by atoms with van der Waals surface area (Å²) >= 11 is 0. The molecule has 1 heterocycles. The van der Waals surface area contributed by atoms with E-state index in [0.29, 0.717) is 19.5 Å². The Kier molecular flexibility index (Phi) is 3.28. The molecule has 78 valence electrons. The molecule has 0 aliphatic carbocycles. The molecule has 4 nitrogen and oxygen atoms in total. The fourth-order valence-corrected chi connectivity index (χ4v) is 1.26. The van der Waals surface area contributed by atoms with Gasteiger partial charge in [0.2, 0.25) is 0 Å². The molecule has 0 saturated carbocycles. The summed E-state index contributed by atoms with van der Waals surface area (Å²) in [6, 6.07) is 0. The van der Waals surface area contributed by atoms with Gasteiger partial charge in [-0.25, -0.2) is 4.98 Å². The van der Waals surface area contributed by atoms with Gasteiger partial charge in [0, 0.05) is 11.8 Å². The van der Waals surface area contributed by atoms with E-state index in [2.05, 4.69) is 30.5 Å². The van der Waals surface area contributed by atoms with Crippen molar-refractivity contribution in [1.82, 2.24) is 4.98 Å². The maximum atomic E-state index is 9.95. The van der Waals surface area contributed by atoms with Crippen LogP contribution in [0.5, 0.6) is 0 Å². The minimum Gasteiger partial charge on any atom is -0.467 e. The highest BCUT2D eigenvalue weighted by molar-refractivity contribution is 5.36. The molecule has 0 amide bonds. The zero-order valence-corrected chi connectivity index (χ0v) is 8.74. The Balaban J connectivity index is 2.68. The first kappa shape index (κ1) is 10.8. The maximum Gasteiger partial charge on any atom is 0.293 e. The zero-order chi connectivity index (χ0) is 10.6. The van der Waals surface area contributed by atoms with Crippen LogP contribution in [-0.4, -0.2) is 18.1 Å². The van der Waals surface area contributed by atoms with Crippen LogP contribution in [0, 0.1) is 0 Å². The van der Waals surface area contributed by atoms with Crippen LogP contribution < -0.4 is 0 Å². The first-order valence-electron chi connectivity index (χ1n) is 4.54. The van der Waals surface area contributed by atoms with E-state index in [1.54, 1.807) is 0 Å². The van der Waals surface area contributed by atoms with Crippen LogP contribution in [0.1, 0.15) is 32.2 Å². The van der Waals surface area contributed by atoms with E-state index in [1.807, 2.05) is 0 Å². The first-order chi connectivity index (χ1) is 6.55. The van der Waals surface area contributed by atoms with Gasteiger partial charge >= 0.3 is 0 Å². The van der Waals surface area contributed by atoms with Crippen molar-refractivity contribution in [3.05, 3.63) is 17.8 Å². The fraction of sp³-hybridized carbons (Fsp3) is 0.600. The number of rotatable bonds is 4. The lowest BCUT2D eigenvalue weighted by Gasteiger charge is -2.15. The summed E-state index contributed by atoms with van der Waals surface area (Å²) in [5, 5.41) is 0. The molecule has 0 aliphatic rings. The predicted octanol–water partition coefficient (Wildman–Crippen LogP) is 1.69. The molecule has 0 aliphatic heterocycles. The molecule has 0 atom stereocenters. The van der Waals surface area contributed by atoms with Crippen molar-refractivity contribution in [2.75, 3.05) is 6.61 Å². The van der Waals surface area contributed by atoms with Crippen molar-refractivity contribution >= 4 is 6.47 Å². The summed E-state index contributed by atoms with van der Waals surface area (Å²) < 4.78 is 9.92. The van der Waals surface area contributed by atoms with E-state index in [0.717, 1.165) is 11.5 Å². The Hall–Kier alpha value is -1.32. The average molecular weight is 197 g/mol. The summed E-state index contributed by atoms with van der Waals surface area (Å²) in [6.07, 6.45) is 2.03. The Morgan fingerprint density at radius 2 is 2.29 bits per heavy atom. The van der Waals surface area contributed by atoms with E-state index < -0.39 is 0 Å². The van der Waals surface area contributed by atoms with Crippen molar-refractivity contribution in [3.63, 3.8) is 0 Å². The van der Waals surface area contributed by atoms with Crippen LogP contribution in [0.3, 0.4) is 0 Å². The number of aromatic nitrogens is 1. The minimum absolute atomic E-state index is 0.0625. The SMILES string of the molecule is CC(C)(C)c1ocnc1CCOC=O. The third-order valence-electron chi connectivity index (χ3n) is 1.85. The van der Waals surface area contributed by atoms with Crippen LogP contribution in [-0.2, 0) is 21.4 Å². The van der Waals surface area contributed by atoms with Gasteiger partial charge in [-0.05, 0) is 0 Å². The van der Waals surface area contributed by atoms with Gasteiger partial charge in [-0.3, -0.25) is 4.79 Å². The first-order valence-corrected chi connectivity index (χ1v) is 4.54. The fourth-order valence-electron chi connectivity index (χ4n) is 1.26. The van der Waals surface area contributed by atoms with Crippen molar-refractivity contribution in [1.29, 1.82) is 0 Å².